The number of hydrogen-bond acceptors (Lipinski definition) is 6. The van der Waals surface area contributed by atoms with E-state index in [-0.39, 0.29) is 19.4 Å². The summed E-state index contributed by atoms with van der Waals surface area (Å²) >= 11 is 0. The molecule has 7 heteroatoms. The van der Waals surface area contributed by atoms with Crippen LogP contribution in [0.25, 0.3) is 0 Å². The van der Waals surface area contributed by atoms with Crippen LogP contribution >= 0.6 is 0 Å². The van der Waals surface area contributed by atoms with E-state index in [2.05, 4.69) is 0 Å². The molecule has 45 heavy (non-hydrogen) atoms. The largest absolute Gasteiger partial charge is 0.487 e. The van der Waals surface area contributed by atoms with Crippen molar-refractivity contribution in [3.63, 3.8) is 0 Å². The Bertz CT molecular complexity index is 1440. The molecule has 1 aliphatic rings. The van der Waals surface area contributed by atoms with Crippen LogP contribution < -0.4 is 0 Å². The summed E-state index contributed by atoms with van der Waals surface area (Å²) in [7, 11) is 0. The van der Waals surface area contributed by atoms with Crippen LogP contribution in [-0.2, 0) is 54.9 Å². The van der Waals surface area contributed by atoms with E-state index in [4.69, 9.17) is 23.7 Å². The lowest BCUT2D eigenvalue weighted by molar-refractivity contribution is -0.223. The second-order valence-corrected chi connectivity index (χ2v) is 10.9. The van der Waals surface area contributed by atoms with Crippen molar-refractivity contribution >= 4 is 5.97 Å². The third-order valence-corrected chi connectivity index (χ3v) is 7.50. The molecule has 0 spiro atoms. The van der Waals surface area contributed by atoms with Crippen molar-refractivity contribution in [2.45, 2.75) is 63.7 Å². The fraction of sp³-hybridized carbons (Fsp3) is 0.289. The number of hydrogen-bond donors (Lipinski definition) is 1. The molecular weight excluding hydrogens is 568 g/mol. The molecule has 4 aromatic rings. The highest BCUT2D eigenvalue weighted by molar-refractivity contribution is 5.66. The zero-order chi connectivity index (χ0) is 31.1. The average molecular weight is 609 g/mol. The normalized spacial score (nSPS) is 20.5. The quantitative estimate of drug-likeness (QED) is 0.145. The number of rotatable bonds is 16. The molecule has 0 aromatic heterocycles. The molecule has 0 radical (unpaired) electrons. The van der Waals surface area contributed by atoms with Gasteiger partial charge in [-0.05, 0) is 34.8 Å². The van der Waals surface area contributed by atoms with E-state index in [1.165, 1.54) is 0 Å². The van der Waals surface area contributed by atoms with Gasteiger partial charge in [-0.15, -0.1) is 0 Å². The van der Waals surface area contributed by atoms with Crippen molar-refractivity contribution in [2.24, 2.45) is 0 Å². The van der Waals surface area contributed by atoms with Gasteiger partial charge in [-0.1, -0.05) is 121 Å². The standard InChI is InChI=1S/C38H40O7/c39-35(40)23-13-22-33-36(42-25-30-16-7-2-8-17-30)38(44-27-32-20-11-4-12-21-32)37(43-26-31-18-9-3-10-19-31)34(45-33)28-41-24-29-14-5-1-6-15-29/h1-12,14-22,34,36-38H,13,23-28H2,(H,39,40)/t34-,36+,37-,38+/m1/s1. The van der Waals surface area contributed by atoms with Crippen LogP contribution in [0.2, 0.25) is 0 Å². The lowest BCUT2D eigenvalue weighted by atomic mass is 9.96. The molecule has 0 unspecified atom stereocenters. The molecule has 0 amide bonds. The van der Waals surface area contributed by atoms with Crippen LogP contribution in [0.5, 0.6) is 0 Å². The first kappa shape index (κ1) is 32.1. The maximum atomic E-state index is 11.4. The van der Waals surface area contributed by atoms with E-state index in [9.17, 15) is 9.90 Å². The van der Waals surface area contributed by atoms with E-state index < -0.39 is 30.4 Å². The van der Waals surface area contributed by atoms with Crippen molar-refractivity contribution in [1.29, 1.82) is 0 Å². The van der Waals surface area contributed by atoms with E-state index in [0.717, 1.165) is 22.3 Å². The highest BCUT2D eigenvalue weighted by Gasteiger charge is 2.46. The summed E-state index contributed by atoms with van der Waals surface area (Å²) in [5, 5.41) is 9.35. The summed E-state index contributed by atoms with van der Waals surface area (Å²) in [6.07, 6.45) is -0.249. The molecule has 4 aromatic carbocycles. The van der Waals surface area contributed by atoms with Crippen LogP contribution in [0.15, 0.2) is 133 Å². The summed E-state index contributed by atoms with van der Waals surface area (Å²) in [6.45, 7) is 1.65. The minimum Gasteiger partial charge on any atom is -0.487 e. The summed E-state index contributed by atoms with van der Waals surface area (Å²) < 4.78 is 32.7. The Morgan fingerprint density at radius 2 is 1.07 bits per heavy atom. The van der Waals surface area contributed by atoms with Crippen LogP contribution in [0.1, 0.15) is 35.1 Å². The fourth-order valence-corrected chi connectivity index (χ4v) is 5.21. The van der Waals surface area contributed by atoms with Crippen molar-refractivity contribution < 1.29 is 33.6 Å². The highest BCUT2D eigenvalue weighted by atomic mass is 16.6. The second kappa shape index (κ2) is 17.3. The minimum atomic E-state index is -0.881. The molecule has 1 saturated heterocycles. The van der Waals surface area contributed by atoms with Crippen molar-refractivity contribution in [3.8, 4) is 0 Å². The lowest BCUT2D eigenvalue weighted by Crippen LogP contribution is -2.56. The van der Waals surface area contributed by atoms with Crippen molar-refractivity contribution in [1.82, 2.24) is 0 Å². The summed E-state index contributed by atoms with van der Waals surface area (Å²) in [5.74, 6) is -0.355. The van der Waals surface area contributed by atoms with Gasteiger partial charge in [0.05, 0.1) is 33.0 Å². The van der Waals surface area contributed by atoms with Crippen molar-refractivity contribution in [3.05, 3.63) is 155 Å². The van der Waals surface area contributed by atoms with Crippen LogP contribution in [0.4, 0.5) is 0 Å². The number of carboxylic acids is 1. The third kappa shape index (κ3) is 10.1. The first-order valence-electron chi connectivity index (χ1n) is 15.3. The van der Waals surface area contributed by atoms with E-state index in [1.54, 1.807) is 6.08 Å². The Hall–Kier alpha value is -4.27. The molecule has 1 aliphatic heterocycles. The molecule has 5 rings (SSSR count). The SMILES string of the molecule is O=C(O)CCC=C1O[C@H](COCc2ccccc2)[C@@H](OCc2ccccc2)[C@@H](OCc2ccccc2)[C@H]1OCc1ccccc1. The maximum Gasteiger partial charge on any atom is 0.303 e. The molecule has 4 atom stereocenters. The zero-order valence-electron chi connectivity index (χ0n) is 25.3. The summed E-state index contributed by atoms with van der Waals surface area (Å²) in [5.41, 5.74) is 4.08. The topological polar surface area (TPSA) is 83.5 Å². The highest BCUT2D eigenvalue weighted by Crippen LogP contribution is 2.33. The molecule has 7 nitrogen and oxygen atoms in total. The first-order chi connectivity index (χ1) is 22.2. The van der Waals surface area contributed by atoms with Gasteiger partial charge in [0.1, 0.15) is 24.1 Å². The minimum absolute atomic E-state index is 0.0308. The molecule has 0 aliphatic carbocycles. The van der Waals surface area contributed by atoms with Crippen LogP contribution in [0, 0.1) is 0 Å². The molecule has 234 valence electrons. The summed E-state index contributed by atoms with van der Waals surface area (Å²) in [4.78, 5) is 11.4. The van der Waals surface area contributed by atoms with Gasteiger partial charge in [0.15, 0.2) is 6.10 Å². The van der Waals surface area contributed by atoms with E-state index in [1.807, 2.05) is 121 Å². The summed E-state index contributed by atoms with van der Waals surface area (Å²) in [6, 6.07) is 39.8. The zero-order valence-corrected chi connectivity index (χ0v) is 25.3. The van der Waals surface area contributed by atoms with E-state index in [0.29, 0.717) is 32.2 Å². The molecule has 0 saturated carbocycles. The Kier molecular flexibility index (Phi) is 12.3. The molecule has 1 heterocycles. The van der Waals surface area contributed by atoms with Crippen molar-refractivity contribution in [2.75, 3.05) is 6.61 Å². The molecule has 0 bridgehead atoms. The van der Waals surface area contributed by atoms with Gasteiger partial charge in [0, 0.05) is 6.42 Å². The van der Waals surface area contributed by atoms with Crippen LogP contribution in [-0.4, -0.2) is 42.1 Å². The fourth-order valence-electron chi connectivity index (χ4n) is 5.21. The third-order valence-electron chi connectivity index (χ3n) is 7.50. The van der Waals surface area contributed by atoms with Gasteiger partial charge < -0.3 is 28.8 Å². The number of ether oxygens (including phenoxy) is 5. The van der Waals surface area contributed by atoms with E-state index >= 15 is 0 Å². The molecule has 1 fully saturated rings. The molecular formula is C38H40O7. The van der Waals surface area contributed by atoms with Gasteiger partial charge in [-0.2, -0.15) is 0 Å². The number of carbonyl (C=O) groups is 1. The Labute approximate surface area is 265 Å². The van der Waals surface area contributed by atoms with Crippen LogP contribution in [0.3, 0.4) is 0 Å². The van der Waals surface area contributed by atoms with Gasteiger partial charge in [-0.25, -0.2) is 0 Å². The first-order valence-corrected chi connectivity index (χ1v) is 15.3. The Balaban J connectivity index is 1.45. The number of carboxylic acid groups (broad SMARTS) is 1. The van der Waals surface area contributed by atoms with Gasteiger partial charge in [-0.3, -0.25) is 4.79 Å². The van der Waals surface area contributed by atoms with Gasteiger partial charge >= 0.3 is 5.97 Å². The molecule has 1 N–H and O–H groups in total. The number of allylic oxidation sites excluding steroid dienone is 1. The Morgan fingerprint density at radius 3 is 1.56 bits per heavy atom. The predicted octanol–water partition coefficient (Wildman–Crippen LogP) is 7.11. The average Bonchev–Trinajstić information content (AvgIpc) is 3.08. The van der Waals surface area contributed by atoms with Gasteiger partial charge in [0.2, 0.25) is 0 Å². The second-order valence-electron chi connectivity index (χ2n) is 10.9. The maximum absolute atomic E-state index is 11.4. The number of aliphatic carboxylic acids is 1. The number of benzene rings is 4. The smallest absolute Gasteiger partial charge is 0.303 e. The lowest BCUT2D eigenvalue weighted by Gasteiger charge is -2.43. The van der Waals surface area contributed by atoms with Gasteiger partial charge in [0.25, 0.3) is 0 Å². The monoisotopic (exact) mass is 608 g/mol. The Morgan fingerprint density at radius 1 is 0.622 bits per heavy atom. The predicted molar refractivity (Wildman–Crippen MR) is 171 cm³/mol.